The molecule has 3 heterocycles. The van der Waals surface area contributed by atoms with Crippen molar-refractivity contribution < 1.29 is 18.7 Å². The Balaban J connectivity index is 1.64. The molecule has 0 spiro atoms. The second-order valence-electron chi connectivity index (χ2n) is 5.83. The lowest BCUT2D eigenvalue weighted by atomic mass is 10.0. The summed E-state index contributed by atoms with van der Waals surface area (Å²) in [5.41, 5.74) is 0.223. The lowest BCUT2D eigenvalue weighted by molar-refractivity contribution is -0.0697. The predicted octanol–water partition coefficient (Wildman–Crippen LogP) is 0.393. The Hall–Kier alpha value is -1.67. The molecule has 0 bridgehead atoms. The smallest absolute Gasteiger partial charge is 0.274 e. The molecule has 1 amide bonds. The highest BCUT2D eigenvalue weighted by molar-refractivity contribution is 5.92. The first-order valence-electron chi connectivity index (χ1n) is 7.31. The molecule has 6 nitrogen and oxygen atoms in total. The Morgan fingerprint density at radius 1 is 1.27 bits per heavy atom. The van der Waals surface area contributed by atoms with Gasteiger partial charge >= 0.3 is 0 Å². The Kier molecular flexibility index (Phi) is 4.05. The van der Waals surface area contributed by atoms with E-state index in [4.69, 9.17) is 0 Å². The number of piperidine rings is 1. The third-order valence-electron chi connectivity index (χ3n) is 4.33. The minimum absolute atomic E-state index is 0.187. The maximum Gasteiger partial charge on any atom is 0.274 e. The molecule has 0 unspecified atom stereocenters. The van der Waals surface area contributed by atoms with E-state index in [1.54, 1.807) is 0 Å². The van der Waals surface area contributed by atoms with Gasteiger partial charge in [-0.2, -0.15) is 0 Å². The summed E-state index contributed by atoms with van der Waals surface area (Å²) in [4.78, 5) is 23.5. The molecule has 0 aromatic carbocycles. The largest absolute Gasteiger partial charge is 0.390 e. The summed E-state index contributed by atoms with van der Waals surface area (Å²) >= 11 is 0. The SMILES string of the molecule is O=C(c1cnccn1)N1C[C@@H](O)[C@H](N2CCC(F)(F)CC2)C1. The zero-order valence-electron chi connectivity index (χ0n) is 12.0. The summed E-state index contributed by atoms with van der Waals surface area (Å²) in [5.74, 6) is -2.91. The van der Waals surface area contributed by atoms with E-state index < -0.39 is 12.0 Å². The molecule has 0 radical (unpaired) electrons. The number of halogens is 2. The van der Waals surface area contributed by atoms with Crippen molar-refractivity contribution in [3.8, 4) is 0 Å². The molecule has 1 aromatic rings. The van der Waals surface area contributed by atoms with Gasteiger partial charge in [-0.1, -0.05) is 0 Å². The first kappa shape index (κ1) is 15.2. The fourth-order valence-electron chi connectivity index (χ4n) is 3.05. The summed E-state index contributed by atoms with van der Waals surface area (Å²) in [6.07, 6.45) is 3.16. The van der Waals surface area contributed by atoms with Gasteiger partial charge in [-0.25, -0.2) is 13.8 Å². The van der Waals surface area contributed by atoms with Crippen LogP contribution in [0.3, 0.4) is 0 Å². The van der Waals surface area contributed by atoms with Gasteiger partial charge in [0.05, 0.1) is 18.3 Å². The first-order valence-corrected chi connectivity index (χ1v) is 7.31. The van der Waals surface area contributed by atoms with Crippen LogP contribution in [0.25, 0.3) is 0 Å². The highest BCUT2D eigenvalue weighted by atomic mass is 19.3. The molecule has 2 aliphatic rings. The third-order valence-corrected chi connectivity index (χ3v) is 4.33. The number of nitrogens with zero attached hydrogens (tertiary/aromatic N) is 4. The second kappa shape index (κ2) is 5.85. The van der Waals surface area contributed by atoms with E-state index in [-0.39, 0.29) is 50.1 Å². The topological polar surface area (TPSA) is 69.6 Å². The summed E-state index contributed by atoms with van der Waals surface area (Å²) in [6, 6.07) is -0.295. The summed E-state index contributed by atoms with van der Waals surface area (Å²) in [7, 11) is 0. The predicted molar refractivity (Wildman–Crippen MR) is 73.5 cm³/mol. The van der Waals surface area contributed by atoms with Crippen LogP contribution < -0.4 is 0 Å². The van der Waals surface area contributed by atoms with Crippen LogP contribution in [0.2, 0.25) is 0 Å². The molecule has 2 fully saturated rings. The van der Waals surface area contributed by atoms with E-state index in [2.05, 4.69) is 9.97 Å². The van der Waals surface area contributed by atoms with E-state index >= 15 is 0 Å². The summed E-state index contributed by atoms with van der Waals surface area (Å²) in [6.45, 7) is 0.985. The lowest BCUT2D eigenvalue weighted by Gasteiger charge is -2.36. The Morgan fingerprint density at radius 3 is 2.64 bits per heavy atom. The average molecular weight is 312 g/mol. The summed E-state index contributed by atoms with van der Waals surface area (Å²) in [5, 5.41) is 10.2. The van der Waals surface area contributed by atoms with E-state index in [1.807, 2.05) is 4.90 Å². The molecule has 22 heavy (non-hydrogen) atoms. The van der Waals surface area contributed by atoms with Gasteiger partial charge in [0.25, 0.3) is 11.8 Å². The highest BCUT2D eigenvalue weighted by Gasteiger charge is 2.42. The number of hydrogen-bond donors (Lipinski definition) is 1. The van der Waals surface area contributed by atoms with Crippen molar-refractivity contribution >= 4 is 5.91 Å². The van der Waals surface area contributed by atoms with Gasteiger partial charge in [0.2, 0.25) is 0 Å². The molecule has 1 aromatic heterocycles. The van der Waals surface area contributed by atoms with E-state index in [0.29, 0.717) is 6.54 Å². The van der Waals surface area contributed by atoms with E-state index in [1.165, 1.54) is 23.5 Å². The maximum atomic E-state index is 13.2. The van der Waals surface area contributed by atoms with Crippen LogP contribution >= 0.6 is 0 Å². The normalized spacial score (nSPS) is 28.8. The number of carbonyl (C=O) groups is 1. The monoisotopic (exact) mass is 312 g/mol. The molecule has 1 N–H and O–H groups in total. The minimum Gasteiger partial charge on any atom is -0.390 e. The Labute approximate surface area is 126 Å². The van der Waals surface area contributed by atoms with E-state index in [9.17, 15) is 18.7 Å². The van der Waals surface area contributed by atoms with Crippen LogP contribution in [-0.4, -0.2) is 75.0 Å². The second-order valence-corrected chi connectivity index (χ2v) is 5.83. The molecule has 0 saturated carbocycles. The molecule has 120 valence electrons. The lowest BCUT2D eigenvalue weighted by Crippen LogP contribution is -2.49. The molecule has 0 aliphatic carbocycles. The number of aliphatic hydroxyl groups excluding tert-OH is 1. The van der Waals surface area contributed by atoms with Crippen molar-refractivity contribution in [2.75, 3.05) is 26.2 Å². The molecule has 3 rings (SSSR count). The van der Waals surface area contributed by atoms with Crippen LogP contribution in [0.4, 0.5) is 8.78 Å². The number of amides is 1. The van der Waals surface area contributed by atoms with Crippen LogP contribution in [0.1, 0.15) is 23.3 Å². The van der Waals surface area contributed by atoms with E-state index in [0.717, 1.165) is 0 Å². The number of hydrogen-bond acceptors (Lipinski definition) is 5. The van der Waals surface area contributed by atoms with Gasteiger partial charge in [-0.05, 0) is 0 Å². The minimum atomic E-state index is -2.62. The zero-order chi connectivity index (χ0) is 15.7. The number of alkyl halides is 2. The average Bonchev–Trinajstić information content (AvgIpc) is 2.89. The van der Waals surface area contributed by atoms with Gasteiger partial charge < -0.3 is 10.0 Å². The standard InChI is InChI=1S/C14H18F2N4O2/c15-14(16)1-5-19(6-2-14)11-8-20(9-12(11)21)13(22)10-7-17-3-4-18-10/h3-4,7,11-12,21H,1-2,5-6,8-9H2/t11-,12-/m1/s1. The van der Waals surface area contributed by atoms with Crippen molar-refractivity contribution in [1.29, 1.82) is 0 Å². The molecule has 2 atom stereocenters. The number of carbonyl (C=O) groups excluding carboxylic acids is 1. The molecule has 2 saturated heterocycles. The van der Waals surface area contributed by atoms with Gasteiger partial charge in [0.1, 0.15) is 5.69 Å². The Morgan fingerprint density at radius 2 is 2.00 bits per heavy atom. The quantitative estimate of drug-likeness (QED) is 0.856. The number of rotatable bonds is 2. The molecule has 2 aliphatic heterocycles. The van der Waals surface area contributed by atoms with Crippen LogP contribution in [-0.2, 0) is 0 Å². The number of aliphatic hydroxyl groups is 1. The summed E-state index contributed by atoms with van der Waals surface area (Å²) < 4.78 is 26.4. The number of likely N-dealkylation sites (tertiary alicyclic amines) is 2. The maximum absolute atomic E-state index is 13.2. The molecular weight excluding hydrogens is 294 g/mol. The fourth-order valence-corrected chi connectivity index (χ4v) is 3.05. The van der Waals surface area contributed by atoms with Crippen molar-refractivity contribution in [2.45, 2.75) is 30.9 Å². The van der Waals surface area contributed by atoms with Gasteiger partial charge in [0.15, 0.2) is 0 Å². The van der Waals surface area contributed by atoms with Gasteiger partial charge in [-0.3, -0.25) is 14.7 Å². The van der Waals surface area contributed by atoms with Gasteiger partial charge in [0, 0.05) is 51.4 Å². The van der Waals surface area contributed by atoms with Crippen molar-refractivity contribution in [1.82, 2.24) is 19.8 Å². The van der Waals surface area contributed by atoms with Gasteiger partial charge in [-0.15, -0.1) is 0 Å². The third kappa shape index (κ3) is 3.07. The fraction of sp³-hybridized carbons (Fsp3) is 0.643. The van der Waals surface area contributed by atoms with Crippen molar-refractivity contribution in [2.24, 2.45) is 0 Å². The van der Waals surface area contributed by atoms with Crippen LogP contribution in [0.15, 0.2) is 18.6 Å². The van der Waals surface area contributed by atoms with Crippen LogP contribution in [0.5, 0.6) is 0 Å². The number of β-amino-alcohol motifs (C(OH)–C–C–N with tert-alkyl or cyclic N) is 1. The van der Waals surface area contributed by atoms with Crippen LogP contribution in [0, 0.1) is 0 Å². The Bertz CT molecular complexity index is 533. The molecule has 8 heteroatoms. The van der Waals surface area contributed by atoms with Crippen molar-refractivity contribution in [3.63, 3.8) is 0 Å². The molecular formula is C14H18F2N4O2. The number of aromatic nitrogens is 2. The highest BCUT2D eigenvalue weighted by Crippen LogP contribution is 2.30. The zero-order valence-corrected chi connectivity index (χ0v) is 12.0. The first-order chi connectivity index (χ1) is 10.5. The van der Waals surface area contributed by atoms with Crippen molar-refractivity contribution in [3.05, 3.63) is 24.3 Å².